The zero-order valence-corrected chi connectivity index (χ0v) is 14.1. The monoisotopic (exact) mass is 324 g/mol. The average molecular weight is 324 g/mol. The topological polar surface area (TPSA) is 61.3 Å². The van der Waals surface area contributed by atoms with E-state index in [9.17, 15) is 0 Å². The van der Waals surface area contributed by atoms with E-state index in [0.29, 0.717) is 0 Å². The largest absolute Gasteiger partial charge is 0.486 e. The molecule has 0 amide bonds. The fourth-order valence-electron chi connectivity index (χ4n) is 3.61. The van der Waals surface area contributed by atoms with Gasteiger partial charge >= 0.3 is 0 Å². The number of benzene rings is 2. The third-order valence-electron chi connectivity index (χ3n) is 5.01. The molecule has 2 atom stereocenters. The number of nitrogens with two attached hydrogens (primary N) is 2. The summed E-state index contributed by atoms with van der Waals surface area (Å²) in [6, 6.07) is 12.3. The van der Waals surface area contributed by atoms with Crippen molar-refractivity contribution in [2.75, 3.05) is 11.5 Å². The Kier molecular flexibility index (Phi) is 3.07. The van der Waals surface area contributed by atoms with Crippen LogP contribution in [0.15, 0.2) is 41.8 Å². The highest BCUT2D eigenvalue weighted by molar-refractivity contribution is 7.17. The Labute approximate surface area is 139 Å². The maximum Gasteiger partial charge on any atom is 0.125 e. The summed E-state index contributed by atoms with van der Waals surface area (Å²) in [5.41, 5.74) is 16.0. The van der Waals surface area contributed by atoms with Gasteiger partial charge in [-0.3, -0.25) is 0 Å². The molecule has 23 heavy (non-hydrogen) atoms. The van der Waals surface area contributed by atoms with Crippen LogP contribution in [0.3, 0.4) is 0 Å². The molecule has 0 saturated heterocycles. The van der Waals surface area contributed by atoms with Crippen LogP contribution < -0.4 is 16.2 Å². The molecule has 2 aromatic carbocycles. The molecule has 4 rings (SSSR count). The van der Waals surface area contributed by atoms with Gasteiger partial charge in [0.2, 0.25) is 0 Å². The Balaban J connectivity index is 1.72. The second-order valence-corrected chi connectivity index (χ2v) is 7.54. The number of hydrogen-bond donors (Lipinski definition) is 2. The van der Waals surface area contributed by atoms with E-state index in [4.69, 9.17) is 16.2 Å². The standard InChI is InChI=1S/C19H20N2OS/c1-11-18-14(20)4-3-5-16(18)22-19(11,2)10-12-8-15(21)13-6-7-23-17(13)9-12/h3-9,11H,10,20-21H2,1-2H3. The Hall–Kier alpha value is -2.20. The fraction of sp³-hybridized carbons (Fsp3) is 0.263. The SMILES string of the molecule is CC1c2c(N)cccc2OC1(C)Cc1cc(N)c2ccsc2c1. The molecule has 1 aliphatic rings. The van der Waals surface area contributed by atoms with Crippen LogP contribution in [0.2, 0.25) is 0 Å². The van der Waals surface area contributed by atoms with Crippen LogP contribution in [0.1, 0.15) is 30.9 Å². The van der Waals surface area contributed by atoms with Gasteiger partial charge in [-0.2, -0.15) is 0 Å². The molecule has 0 spiro atoms. The van der Waals surface area contributed by atoms with Crippen LogP contribution in [-0.4, -0.2) is 5.60 Å². The lowest BCUT2D eigenvalue weighted by Crippen LogP contribution is -2.35. The van der Waals surface area contributed by atoms with Crippen LogP contribution in [0.4, 0.5) is 11.4 Å². The zero-order valence-electron chi connectivity index (χ0n) is 13.3. The molecule has 0 bridgehead atoms. The molecule has 4 N–H and O–H groups in total. The van der Waals surface area contributed by atoms with Gasteiger partial charge < -0.3 is 16.2 Å². The third kappa shape index (κ3) is 2.17. The van der Waals surface area contributed by atoms with Gasteiger partial charge in [0.25, 0.3) is 0 Å². The summed E-state index contributed by atoms with van der Waals surface area (Å²) in [7, 11) is 0. The van der Waals surface area contributed by atoms with Gasteiger partial charge in [0.05, 0.1) is 0 Å². The van der Waals surface area contributed by atoms with Gasteiger partial charge in [-0.05, 0) is 48.2 Å². The quantitative estimate of drug-likeness (QED) is 0.679. The van der Waals surface area contributed by atoms with E-state index >= 15 is 0 Å². The Morgan fingerprint density at radius 1 is 1.17 bits per heavy atom. The first-order chi connectivity index (χ1) is 11.0. The maximum atomic E-state index is 6.31. The number of fused-ring (bicyclic) bond motifs is 2. The number of thiophene rings is 1. The highest BCUT2D eigenvalue weighted by Crippen LogP contribution is 2.48. The first kappa shape index (κ1) is 14.4. The minimum Gasteiger partial charge on any atom is -0.486 e. The molecule has 1 aliphatic heterocycles. The predicted octanol–water partition coefficient (Wildman–Crippen LogP) is 4.56. The molecule has 2 heterocycles. The normalized spacial score (nSPS) is 23.0. The summed E-state index contributed by atoms with van der Waals surface area (Å²) in [4.78, 5) is 0. The first-order valence-electron chi connectivity index (χ1n) is 7.81. The number of rotatable bonds is 2. The minimum absolute atomic E-state index is 0.235. The van der Waals surface area contributed by atoms with Crippen molar-refractivity contribution in [1.82, 2.24) is 0 Å². The lowest BCUT2D eigenvalue weighted by Gasteiger charge is -2.29. The third-order valence-corrected chi connectivity index (χ3v) is 5.87. The first-order valence-corrected chi connectivity index (χ1v) is 8.69. The summed E-state index contributed by atoms with van der Waals surface area (Å²) >= 11 is 1.72. The van der Waals surface area contributed by atoms with E-state index in [1.807, 2.05) is 18.2 Å². The number of anilines is 2. The Morgan fingerprint density at radius 3 is 2.78 bits per heavy atom. The predicted molar refractivity (Wildman–Crippen MR) is 98.2 cm³/mol. The van der Waals surface area contributed by atoms with Crippen molar-refractivity contribution in [1.29, 1.82) is 0 Å². The second kappa shape index (κ2) is 4.90. The van der Waals surface area contributed by atoms with Crippen molar-refractivity contribution < 1.29 is 4.74 Å². The van der Waals surface area contributed by atoms with E-state index < -0.39 is 0 Å². The van der Waals surface area contributed by atoms with Gasteiger partial charge in [-0.25, -0.2) is 0 Å². The summed E-state index contributed by atoms with van der Waals surface area (Å²) < 4.78 is 7.54. The summed E-state index contributed by atoms with van der Waals surface area (Å²) in [6.07, 6.45) is 0.806. The molecule has 3 nitrogen and oxygen atoms in total. The van der Waals surface area contributed by atoms with Crippen LogP contribution >= 0.6 is 11.3 Å². The molecule has 118 valence electrons. The molecular formula is C19H20N2OS. The van der Waals surface area contributed by atoms with Crippen LogP contribution in [-0.2, 0) is 6.42 Å². The van der Waals surface area contributed by atoms with Crippen LogP contribution in [0.5, 0.6) is 5.75 Å². The Morgan fingerprint density at radius 2 is 2.00 bits per heavy atom. The van der Waals surface area contributed by atoms with Gasteiger partial charge in [-0.15, -0.1) is 11.3 Å². The molecule has 0 aliphatic carbocycles. The van der Waals surface area contributed by atoms with Gasteiger partial charge in [0.15, 0.2) is 0 Å². The summed E-state index contributed by atoms with van der Waals surface area (Å²) in [6.45, 7) is 4.35. The lowest BCUT2D eigenvalue weighted by atomic mass is 9.82. The van der Waals surface area contributed by atoms with E-state index in [-0.39, 0.29) is 11.5 Å². The molecule has 4 heteroatoms. The van der Waals surface area contributed by atoms with Crippen molar-refractivity contribution in [2.24, 2.45) is 0 Å². The fourth-order valence-corrected chi connectivity index (χ4v) is 4.50. The average Bonchev–Trinajstić information content (AvgIpc) is 3.04. The second-order valence-electron chi connectivity index (χ2n) is 6.59. The highest BCUT2D eigenvalue weighted by Gasteiger charge is 2.43. The summed E-state index contributed by atoms with van der Waals surface area (Å²) in [5, 5.41) is 3.22. The highest BCUT2D eigenvalue weighted by atomic mass is 32.1. The van der Waals surface area contributed by atoms with Crippen molar-refractivity contribution in [3.05, 3.63) is 52.9 Å². The van der Waals surface area contributed by atoms with Gasteiger partial charge in [0, 0.05) is 39.4 Å². The molecule has 3 aromatic rings. The lowest BCUT2D eigenvalue weighted by molar-refractivity contribution is 0.0943. The minimum atomic E-state index is -0.310. The molecular weight excluding hydrogens is 304 g/mol. The van der Waals surface area contributed by atoms with Crippen LogP contribution in [0.25, 0.3) is 10.1 Å². The van der Waals surface area contributed by atoms with Crippen molar-refractivity contribution in [2.45, 2.75) is 31.8 Å². The van der Waals surface area contributed by atoms with Crippen molar-refractivity contribution >= 4 is 32.8 Å². The van der Waals surface area contributed by atoms with Gasteiger partial charge in [-0.1, -0.05) is 13.0 Å². The van der Waals surface area contributed by atoms with Crippen molar-refractivity contribution in [3.63, 3.8) is 0 Å². The van der Waals surface area contributed by atoms with E-state index in [2.05, 4.69) is 37.4 Å². The summed E-state index contributed by atoms with van der Waals surface area (Å²) in [5.74, 6) is 1.14. The van der Waals surface area contributed by atoms with Gasteiger partial charge in [0.1, 0.15) is 11.4 Å². The maximum absolute atomic E-state index is 6.31. The molecule has 0 fully saturated rings. The Bertz CT molecular complexity index is 902. The molecule has 1 aromatic heterocycles. The molecule has 2 unspecified atom stereocenters. The van der Waals surface area contributed by atoms with E-state index in [1.54, 1.807) is 11.3 Å². The van der Waals surface area contributed by atoms with E-state index in [1.165, 1.54) is 10.3 Å². The smallest absolute Gasteiger partial charge is 0.125 e. The molecule has 0 saturated carbocycles. The van der Waals surface area contributed by atoms with Crippen molar-refractivity contribution in [3.8, 4) is 5.75 Å². The van der Waals surface area contributed by atoms with Crippen LogP contribution in [0, 0.1) is 0 Å². The number of nitrogen functional groups attached to an aromatic ring is 2. The number of hydrogen-bond acceptors (Lipinski definition) is 4. The number of ether oxygens (including phenoxy) is 1. The molecule has 0 radical (unpaired) electrons. The van der Waals surface area contributed by atoms with E-state index in [0.717, 1.165) is 34.5 Å². The zero-order chi connectivity index (χ0) is 16.2.